The normalized spacial score (nSPS) is 29.6. The summed E-state index contributed by atoms with van der Waals surface area (Å²) in [6.07, 6.45) is 9.29. The first-order chi connectivity index (χ1) is 12.2. The summed E-state index contributed by atoms with van der Waals surface area (Å²) >= 11 is 0. The molecule has 2 atom stereocenters. The molecule has 3 rings (SSSR count). The van der Waals surface area contributed by atoms with Gasteiger partial charge in [0.2, 0.25) is 5.95 Å². The van der Waals surface area contributed by atoms with Gasteiger partial charge in [-0.15, -0.1) is 0 Å². The van der Waals surface area contributed by atoms with Crippen molar-refractivity contribution in [1.82, 2.24) is 9.97 Å². The van der Waals surface area contributed by atoms with Crippen molar-refractivity contribution in [3.05, 3.63) is 11.8 Å². The monoisotopic (exact) mass is 345 g/mol. The lowest BCUT2D eigenvalue weighted by molar-refractivity contribution is 0.0681. The third-order valence-electron chi connectivity index (χ3n) is 5.24. The van der Waals surface area contributed by atoms with Gasteiger partial charge in [0.1, 0.15) is 17.5 Å². The van der Waals surface area contributed by atoms with E-state index in [1.54, 1.807) is 13.3 Å². The summed E-state index contributed by atoms with van der Waals surface area (Å²) in [6, 6.07) is 2.63. The predicted molar refractivity (Wildman–Crippen MR) is 95.3 cm³/mol. The molecule has 0 bridgehead atoms. The molecule has 7 heteroatoms. The number of ether oxygens (including phenoxy) is 1. The van der Waals surface area contributed by atoms with Gasteiger partial charge in [0.25, 0.3) is 0 Å². The molecule has 0 amide bonds. The third kappa shape index (κ3) is 4.80. The molecule has 3 N–H and O–H groups in total. The second-order valence-electron chi connectivity index (χ2n) is 7.08. The standard InChI is InChI=1S/C18H27N5O2/c1-25-16-7-5-13(6-8-16)22-18-20-11-12(10-19)17(23-18)21-14-3-2-4-15(24)9-14/h11,13-16,24H,2-9H2,1H3,(H2,20,21,22,23)/t13-,14-,15+,16-/m1/s1. The highest BCUT2D eigenvalue weighted by Gasteiger charge is 2.23. The summed E-state index contributed by atoms with van der Waals surface area (Å²) < 4.78 is 5.41. The van der Waals surface area contributed by atoms with Crippen LogP contribution in [0.2, 0.25) is 0 Å². The van der Waals surface area contributed by atoms with Crippen molar-refractivity contribution in [2.75, 3.05) is 17.7 Å². The van der Waals surface area contributed by atoms with Gasteiger partial charge in [0, 0.05) is 19.2 Å². The minimum Gasteiger partial charge on any atom is -0.393 e. The summed E-state index contributed by atoms with van der Waals surface area (Å²) in [5.74, 6) is 1.11. The zero-order valence-electron chi connectivity index (χ0n) is 14.7. The Morgan fingerprint density at radius 2 is 1.96 bits per heavy atom. The molecule has 136 valence electrons. The van der Waals surface area contributed by atoms with Crippen LogP contribution in [0, 0.1) is 11.3 Å². The maximum Gasteiger partial charge on any atom is 0.224 e. The molecular weight excluding hydrogens is 318 g/mol. The van der Waals surface area contributed by atoms with Gasteiger partial charge in [-0.2, -0.15) is 10.2 Å². The topological polar surface area (TPSA) is 103 Å². The fraction of sp³-hybridized carbons (Fsp3) is 0.722. The van der Waals surface area contributed by atoms with Gasteiger partial charge in [-0.25, -0.2) is 4.98 Å². The number of nitriles is 1. The van der Waals surface area contributed by atoms with Gasteiger partial charge >= 0.3 is 0 Å². The molecule has 0 spiro atoms. The molecule has 25 heavy (non-hydrogen) atoms. The average molecular weight is 345 g/mol. The largest absolute Gasteiger partial charge is 0.393 e. The van der Waals surface area contributed by atoms with Crippen LogP contribution in [0.25, 0.3) is 0 Å². The minimum atomic E-state index is -0.271. The van der Waals surface area contributed by atoms with Gasteiger partial charge in [-0.3, -0.25) is 0 Å². The zero-order valence-corrected chi connectivity index (χ0v) is 14.7. The van der Waals surface area contributed by atoms with E-state index in [0.29, 0.717) is 35.9 Å². The van der Waals surface area contributed by atoms with E-state index in [9.17, 15) is 10.4 Å². The Kier molecular flexibility index (Phi) is 6.05. The summed E-state index contributed by atoms with van der Waals surface area (Å²) in [5.41, 5.74) is 0.439. The number of hydrogen-bond donors (Lipinski definition) is 3. The van der Waals surface area contributed by atoms with Crippen LogP contribution in [-0.4, -0.2) is 46.5 Å². The molecule has 2 saturated carbocycles. The summed E-state index contributed by atoms with van der Waals surface area (Å²) in [5, 5.41) is 25.9. The maximum absolute atomic E-state index is 9.84. The second kappa shape index (κ2) is 8.45. The van der Waals surface area contributed by atoms with E-state index in [0.717, 1.165) is 44.9 Å². The fourth-order valence-electron chi connectivity index (χ4n) is 3.76. The van der Waals surface area contributed by atoms with Crippen molar-refractivity contribution in [3.8, 4) is 6.07 Å². The summed E-state index contributed by atoms with van der Waals surface area (Å²) in [7, 11) is 1.77. The van der Waals surface area contributed by atoms with E-state index >= 15 is 0 Å². The number of hydrogen-bond acceptors (Lipinski definition) is 7. The van der Waals surface area contributed by atoms with Gasteiger partial charge < -0.3 is 20.5 Å². The van der Waals surface area contributed by atoms with Crippen LogP contribution in [0.5, 0.6) is 0 Å². The van der Waals surface area contributed by atoms with Gasteiger partial charge in [-0.05, 0) is 51.4 Å². The highest BCUT2D eigenvalue weighted by atomic mass is 16.5. The SMILES string of the molecule is CO[C@H]1CC[C@H](Nc2ncc(C#N)c(N[C@@H]3CCC[C@H](O)C3)n2)CC1. The average Bonchev–Trinajstić information content (AvgIpc) is 2.63. The summed E-state index contributed by atoms with van der Waals surface area (Å²) in [4.78, 5) is 8.81. The minimum absolute atomic E-state index is 0.149. The summed E-state index contributed by atoms with van der Waals surface area (Å²) in [6.45, 7) is 0. The van der Waals surface area contributed by atoms with E-state index < -0.39 is 0 Å². The number of nitrogens with one attached hydrogen (secondary N) is 2. The Bertz CT molecular complexity index is 610. The number of methoxy groups -OCH3 is 1. The van der Waals surface area contributed by atoms with Crippen LogP contribution in [-0.2, 0) is 4.74 Å². The van der Waals surface area contributed by atoms with Gasteiger partial charge in [0.05, 0.1) is 18.4 Å². The first-order valence-corrected chi connectivity index (χ1v) is 9.19. The molecular formula is C18H27N5O2. The Morgan fingerprint density at radius 1 is 1.16 bits per heavy atom. The van der Waals surface area contributed by atoms with Crippen molar-refractivity contribution in [1.29, 1.82) is 5.26 Å². The van der Waals surface area contributed by atoms with Crippen molar-refractivity contribution in [2.24, 2.45) is 0 Å². The Morgan fingerprint density at radius 3 is 2.64 bits per heavy atom. The molecule has 1 aromatic rings. The van der Waals surface area contributed by atoms with E-state index in [4.69, 9.17) is 4.74 Å². The predicted octanol–water partition coefficient (Wildman–Crippen LogP) is 2.43. The second-order valence-corrected chi connectivity index (χ2v) is 7.08. The van der Waals surface area contributed by atoms with E-state index in [1.807, 2.05) is 0 Å². The Labute approximate surface area is 148 Å². The quantitative estimate of drug-likeness (QED) is 0.753. The molecule has 0 radical (unpaired) electrons. The van der Waals surface area contributed by atoms with Crippen LogP contribution in [0.1, 0.15) is 56.9 Å². The fourth-order valence-corrected chi connectivity index (χ4v) is 3.76. The van der Waals surface area contributed by atoms with Crippen LogP contribution in [0.4, 0.5) is 11.8 Å². The number of aromatic nitrogens is 2. The lowest BCUT2D eigenvalue weighted by atomic mass is 9.93. The maximum atomic E-state index is 9.84. The van der Waals surface area contributed by atoms with Crippen LogP contribution in [0.15, 0.2) is 6.20 Å². The molecule has 0 saturated heterocycles. The molecule has 2 aliphatic carbocycles. The van der Waals surface area contributed by atoms with Crippen molar-refractivity contribution < 1.29 is 9.84 Å². The van der Waals surface area contributed by atoms with E-state index in [-0.39, 0.29) is 12.1 Å². The van der Waals surface area contributed by atoms with Crippen LogP contribution >= 0.6 is 0 Å². The molecule has 0 aromatic carbocycles. The Balaban J connectivity index is 1.64. The first-order valence-electron chi connectivity index (χ1n) is 9.19. The molecule has 2 aliphatic rings. The highest BCUT2D eigenvalue weighted by molar-refractivity contribution is 5.54. The number of anilines is 2. The number of rotatable bonds is 5. The molecule has 1 aromatic heterocycles. The molecule has 2 fully saturated rings. The number of aliphatic hydroxyl groups excluding tert-OH is 1. The number of aliphatic hydroxyl groups is 1. The van der Waals surface area contributed by atoms with Crippen LogP contribution in [0.3, 0.4) is 0 Å². The van der Waals surface area contributed by atoms with E-state index in [2.05, 4.69) is 26.7 Å². The van der Waals surface area contributed by atoms with E-state index in [1.165, 1.54) is 0 Å². The smallest absolute Gasteiger partial charge is 0.224 e. The van der Waals surface area contributed by atoms with Crippen molar-refractivity contribution in [2.45, 2.75) is 75.7 Å². The molecule has 7 nitrogen and oxygen atoms in total. The third-order valence-corrected chi connectivity index (χ3v) is 5.24. The van der Waals surface area contributed by atoms with Crippen LogP contribution < -0.4 is 10.6 Å². The molecule has 1 heterocycles. The highest BCUT2D eigenvalue weighted by Crippen LogP contribution is 2.25. The van der Waals surface area contributed by atoms with Gasteiger partial charge in [0.15, 0.2) is 0 Å². The Hall–Kier alpha value is -1.91. The lowest BCUT2D eigenvalue weighted by Gasteiger charge is -2.29. The van der Waals surface area contributed by atoms with Crippen molar-refractivity contribution >= 4 is 11.8 Å². The molecule has 0 unspecified atom stereocenters. The molecule has 0 aliphatic heterocycles. The first kappa shape index (κ1) is 17.9. The van der Waals surface area contributed by atoms with Crippen molar-refractivity contribution in [3.63, 3.8) is 0 Å². The van der Waals surface area contributed by atoms with Gasteiger partial charge in [-0.1, -0.05) is 0 Å². The lowest BCUT2D eigenvalue weighted by Crippen LogP contribution is -2.31. The number of nitrogens with zero attached hydrogens (tertiary/aromatic N) is 3. The zero-order chi connectivity index (χ0) is 17.6.